The number of carbonyl (C=O) groups is 1. The Morgan fingerprint density at radius 1 is 1.27 bits per heavy atom. The number of rotatable bonds is 8. The molecule has 3 nitrogen and oxygen atoms in total. The van der Waals surface area contributed by atoms with Crippen LogP contribution < -0.4 is 5.32 Å². The third-order valence-electron chi connectivity index (χ3n) is 2.73. The van der Waals surface area contributed by atoms with Crippen LogP contribution in [0.15, 0.2) is 0 Å². The predicted molar refractivity (Wildman–Crippen MR) is 62.8 cm³/mol. The summed E-state index contributed by atoms with van der Waals surface area (Å²) in [6.45, 7) is 7.85. The molecule has 3 heteroatoms. The van der Waals surface area contributed by atoms with Crippen LogP contribution in [0.2, 0.25) is 0 Å². The van der Waals surface area contributed by atoms with Crippen molar-refractivity contribution in [2.45, 2.75) is 39.5 Å². The molecular weight excluding hydrogens is 188 g/mol. The van der Waals surface area contributed by atoms with Crippen LogP contribution in [0.1, 0.15) is 39.5 Å². The van der Waals surface area contributed by atoms with Crippen LogP contribution >= 0.6 is 0 Å². The van der Waals surface area contributed by atoms with Gasteiger partial charge < -0.3 is 5.32 Å². The molecule has 1 aliphatic rings. The van der Waals surface area contributed by atoms with E-state index in [9.17, 15) is 4.79 Å². The highest BCUT2D eigenvalue weighted by Gasteiger charge is 2.21. The lowest BCUT2D eigenvalue weighted by Crippen LogP contribution is -2.38. The molecule has 0 unspecified atom stereocenters. The first-order valence-electron chi connectivity index (χ1n) is 6.25. The second-order valence-corrected chi connectivity index (χ2v) is 4.52. The van der Waals surface area contributed by atoms with Crippen molar-refractivity contribution in [2.24, 2.45) is 5.92 Å². The Morgan fingerprint density at radius 2 is 1.87 bits per heavy atom. The van der Waals surface area contributed by atoms with Crippen molar-refractivity contribution < 1.29 is 4.79 Å². The van der Waals surface area contributed by atoms with Gasteiger partial charge in [0.05, 0.1) is 6.54 Å². The molecule has 0 aromatic carbocycles. The normalized spacial score (nSPS) is 15.7. The maximum atomic E-state index is 11.6. The topological polar surface area (TPSA) is 32.3 Å². The average Bonchev–Trinajstić information content (AvgIpc) is 2.99. The molecule has 0 radical (unpaired) electrons. The SMILES string of the molecule is CCCN(CCC)CC(=O)NCC1CC1. The van der Waals surface area contributed by atoms with Gasteiger partial charge in [-0.1, -0.05) is 13.8 Å². The smallest absolute Gasteiger partial charge is 0.234 e. The van der Waals surface area contributed by atoms with Gasteiger partial charge in [0.1, 0.15) is 0 Å². The van der Waals surface area contributed by atoms with Crippen LogP contribution in [-0.2, 0) is 4.79 Å². The van der Waals surface area contributed by atoms with Crippen LogP contribution in [0.5, 0.6) is 0 Å². The summed E-state index contributed by atoms with van der Waals surface area (Å²) in [6, 6.07) is 0. The molecule has 0 saturated heterocycles. The zero-order chi connectivity index (χ0) is 11.1. The van der Waals surface area contributed by atoms with Crippen LogP contribution in [-0.4, -0.2) is 37.0 Å². The van der Waals surface area contributed by atoms with Crippen LogP contribution in [0.3, 0.4) is 0 Å². The lowest BCUT2D eigenvalue weighted by atomic mass is 10.3. The van der Waals surface area contributed by atoms with E-state index in [1.165, 1.54) is 12.8 Å². The third kappa shape index (κ3) is 5.78. The first-order chi connectivity index (χ1) is 7.26. The summed E-state index contributed by atoms with van der Waals surface area (Å²) < 4.78 is 0. The zero-order valence-electron chi connectivity index (χ0n) is 10.1. The second-order valence-electron chi connectivity index (χ2n) is 4.52. The van der Waals surface area contributed by atoms with Crippen molar-refractivity contribution in [1.82, 2.24) is 10.2 Å². The summed E-state index contributed by atoms with van der Waals surface area (Å²) in [5.41, 5.74) is 0. The highest BCUT2D eigenvalue weighted by molar-refractivity contribution is 5.78. The van der Waals surface area contributed by atoms with Crippen molar-refractivity contribution >= 4 is 5.91 Å². The molecule has 1 fully saturated rings. The molecular formula is C12H24N2O. The van der Waals surface area contributed by atoms with Crippen molar-refractivity contribution in [3.8, 4) is 0 Å². The van der Waals surface area contributed by atoms with Crippen LogP contribution in [0.4, 0.5) is 0 Å². The van der Waals surface area contributed by atoms with Gasteiger partial charge in [-0.05, 0) is 44.7 Å². The minimum absolute atomic E-state index is 0.198. The molecule has 0 aromatic heterocycles. The number of nitrogens with zero attached hydrogens (tertiary/aromatic N) is 1. The van der Waals surface area contributed by atoms with Gasteiger partial charge in [-0.25, -0.2) is 0 Å². The summed E-state index contributed by atoms with van der Waals surface area (Å²) in [6.07, 6.45) is 4.84. The summed E-state index contributed by atoms with van der Waals surface area (Å²) in [4.78, 5) is 13.8. The number of hydrogen-bond acceptors (Lipinski definition) is 2. The van der Waals surface area contributed by atoms with Gasteiger partial charge in [0.2, 0.25) is 5.91 Å². The Morgan fingerprint density at radius 3 is 2.33 bits per heavy atom. The summed E-state index contributed by atoms with van der Waals surface area (Å²) >= 11 is 0. The minimum Gasteiger partial charge on any atom is -0.355 e. The van der Waals surface area contributed by atoms with E-state index in [2.05, 4.69) is 24.1 Å². The van der Waals surface area contributed by atoms with E-state index >= 15 is 0 Å². The first-order valence-corrected chi connectivity index (χ1v) is 6.25. The lowest BCUT2D eigenvalue weighted by molar-refractivity contribution is -0.122. The van der Waals surface area contributed by atoms with Gasteiger partial charge in [-0.3, -0.25) is 9.69 Å². The van der Waals surface area contributed by atoms with Gasteiger partial charge in [0.15, 0.2) is 0 Å². The highest BCUT2D eigenvalue weighted by Crippen LogP contribution is 2.27. The van der Waals surface area contributed by atoms with Crippen molar-refractivity contribution in [2.75, 3.05) is 26.2 Å². The van der Waals surface area contributed by atoms with Crippen LogP contribution in [0.25, 0.3) is 0 Å². The van der Waals surface area contributed by atoms with Gasteiger partial charge in [0, 0.05) is 6.54 Å². The number of carbonyl (C=O) groups excluding carboxylic acids is 1. The van der Waals surface area contributed by atoms with E-state index in [0.717, 1.165) is 38.4 Å². The largest absolute Gasteiger partial charge is 0.355 e. The Labute approximate surface area is 93.2 Å². The van der Waals surface area contributed by atoms with Crippen LogP contribution in [0, 0.1) is 5.92 Å². The molecule has 0 spiro atoms. The highest BCUT2D eigenvalue weighted by atomic mass is 16.2. The molecule has 1 amide bonds. The molecule has 1 saturated carbocycles. The summed E-state index contributed by atoms with van der Waals surface area (Å²) in [5.74, 6) is 0.976. The molecule has 0 aliphatic heterocycles. The number of amides is 1. The van der Waals surface area contributed by atoms with E-state index < -0.39 is 0 Å². The quantitative estimate of drug-likeness (QED) is 0.663. The Hall–Kier alpha value is -0.570. The summed E-state index contributed by atoms with van der Waals surface area (Å²) in [5, 5.41) is 3.01. The third-order valence-corrected chi connectivity index (χ3v) is 2.73. The van der Waals surface area contributed by atoms with Crippen molar-refractivity contribution in [3.05, 3.63) is 0 Å². The van der Waals surface area contributed by atoms with Gasteiger partial charge in [0.25, 0.3) is 0 Å². The number of hydrogen-bond donors (Lipinski definition) is 1. The molecule has 0 heterocycles. The fraction of sp³-hybridized carbons (Fsp3) is 0.917. The summed E-state index contributed by atoms with van der Waals surface area (Å²) in [7, 11) is 0. The maximum Gasteiger partial charge on any atom is 0.234 e. The van der Waals surface area contributed by atoms with Gasteiger partial charge in [-0.2, -0.15) is 0 Å². The van der Waals surface area contributed by atoms with Gasteiger partial charge >= 0.3 is 0 Å². The maximum absolute atomic E-state index is 11.6. The molecule has 1 rings (SSSR count). The first kappa shape index (κ1) is 12.5. The van der Waals surface area contributed by atoms with E-state index in [1.54, 1.807) is 0 Å². The fourth-order valence-electron chi connectivity index (χ4n) is 1.74. The molecule has 15 heavy (non-hydrogen) atoms. The van der Waals surface area contributed by atoms with Crippen molar-refractivity contribution in [1.29, 1.82) is 0 Å². The van der Waals surface area contributed by atoms with E-state index in [-0.39, 0.29) is 5.91 Å². The molecule has 1 aliphatic carbocycles. The van der Waals surface area contributed by atoms with E-state index in [4.69, 9.17) is 0 Å². The molecule has 1 N–H and O–H groups in total. The monoisotopic (exact) mass is 212 g/mol. The van der Waals surface area contributed by atoms with Gasteiger partial charge in [-0.15, -0.1) is 0 Å². The standard InChI is InChI=1S/C12H24N2O/c1-3-7-14(8-4-2)10-12(15)13-9-11-5-6-11/h11H,3-10H2,1-2H3,(H,13,15). The molecule has 0 bridgehead atoms. The number of nitrogens with one attached hydrogen (secondary N) is 1. The minimum atomic E-state index is 0.198. The molecule has 88 valence electrons. The van der Waals surface area contributed by atoms with E-state index in [1.807, 2.05) is 0 Å². The van der Waals surface area contributed by atoms with Crippen molar-refractivity contribution in [3.63, 3.8) is 0 Å². The average molecular weight is 212 g/mol. The lowest BCUT2D eigenvalue weighted by Gasteiger charge is -2.20. The second kappa shape index (κ2) is 6.83. The van der Waals surface area contributed by atoms with E-state index in [0.29, 0.717) is 6.54 Å². The molecule has 0 atom stereocenters. The Kier molecular flexibility index (Phi) is 5.69. The predicted octanol–water partition coefficient (Wildman–Crippen LogP) is 1.63. The Balaban J connectivity index is 2.12. The fourth-order valence-corrected chi connectivity index (χ4v) is 1.74. The Bertz CT molecular complexity index is 184. The zero-order valence-corrected chi connectivity index (χ0v) is 10.1. The molecule has 0 aromatic rings.